The molecule has 22 heavy (non-hydrogen) atoms. The summed E-state index contributed by atoms with van der Waals surface area (Å²) in [6.45, 7) is 1.94. The minimum atomic E-state index is -0.163. The molecule has 0 aliphatic carbocycles. The van der Waals surface area contributed by atoms with Crippen molar-refractivity contribution in [3.8, 4) is 11.5 Å². The van der Waals surface area contributed by atoms with Gasteiger partial charge in [-0.3, -0.25) is 4.79 Å². The van der Waals surface area contributed by atoms with Crippen LogP contribution in [0.3, 0.4) is 0 Å². The largest absolute Gasteiger partial charge is 0.493 e. The second-order valence-electron chi connectivity index (χ2n) is 4.79. The summed E-state index contributed by atoms with van der Waals surface area (Å²) in [6.07, 6.45) is 0. The maximum atomic E-state index is 12.4. The van der Waals surface area contributed by atoms with E-state index >= 15 is 0 Å². The predicted octanol–water partition coefficient (Wildman–Crippen LogP) is 3.96. The lowest BCUT2D eigenvalue weighted by Gasteiger charge is -2.16. The van der Waals surface area contributed by atoms with E-state index in [0.717, 1.165) is 10.0 Å². The molecule has 4 nitrogen and oxygen atoms in total. The average molecular weight is 364 g/mol. The van der Waals surface area contributed by atoms with Crippen molar-refractivity contribution >= 4 is 21.8 Å². The van der Waals surface area contributed by atoms with E-state index in [4.69, 9.17) is 9.47 Å². The van der Waals surface area contributed by atoms with Gasteiger partial charge in [0.05, 0.1) is 20.3 Å². The minimum absolute atomic E-state index is 0.115. The van der Waals surface area contributed by atoms with Crippen molar-refractivity contribution in [3.05, 3.63) is 58.1 Å². The molecule has 0 radical (unpaired) electrons. The SMILES string of the molecule is COc1ccc(C(=O)NC(C)c2ccccc2Br)cc1OC. The third-order valence-electron chi connectivity index (χ3n) is 3.37. The lowest BCUT2D eigenvalue weighted by Crippen LogP contribution is -2.26. The van der Waals surface area contributed by atoms with Gasteiger partial charge in [-0.25, -0.2) is 0 Å². The Kier molecular flexibility index (Phi) is 5.44. The van der Waals surface area contributed by atoms with E-state index in [-0.39, 0.29) is 11.9 Å². The zero-order valence-corrected chi connectivity index (χ0v) is 14.3. The highest BCUT2D eigenvalue weighted by molar-refractivity contribution is 9.10. The number of benzene rings is 2. The van der Waals surface area contributed by atoms with Gasteiger partial charge in [0.1, 0.15) is 0 Å². The fourth-order valence-electron chi connectivity index (χ4n) is 2.16. The first-order valence-corrected chi connectivity index (χ1v) is 7.63. The van der Waals surface area contributed by atoms with Crippen molar-refractivity contribution in [2.75, 3.05) is 14.2 Å². The van der Waals surface area contributed by atoms with Gasteiger partial charge in [-0.2, -0.15) is 0 Å². The second kappa shape index (κ2) is 7.31. The number of carbonyl (C=O) groups excluding carboxylic acids is 1. The van der Waals surface area contributed by atoms with E-state index in [1.54, 1.807) is 32.4 Å². The van der Waals surface area contributed by atoms with Crippen LogP contribution < -0.4 is 14.8 Å². The van der Waals surface area contributed by atoms with E-state index in [9.17, 15) is 4.79 Å². The molecule has 1 N–H and O–H groups in total. The van der Waals surface area contributed by atoms with Crippen LogP contribution in [0.1, 0.15) is 28.9 Å². The molecule has 0 fully saturated rings. The van der Waals surface area contributed by atoms with Gasteiger partial charge in [0.2, 0.25) is 0 Å². The molecule has 0 aliphatic rings. The summed E-state index contributed by atoms with van der Waals surface area (Å²) >= 11 is 3.50. The highest BCUT2D eigenvalue weighted by Gasteiger charge is 2.15. The van der Waals surface area contributed by atoms with E-state index in [1.165, 1.54) is 0 Å². The topological polar surface area (TPSA) is 47.6 Å². The first-order valence-electron chi connectivity index (χ1n) is 6.84. The Morgan fingerprint density at radius 2 is 1.77 bits per heavy atom. The first kappa shape index (κ1) is 16.4. The number of methoxy groups -OCH3 is 2. The molecular formula is C17H18BrNO3. The molecule has 0 saturated carbocycles. The molecule has 0 bridgehead atoms. The van der Waals surface area contributed by atoms with Gasteiger partial charge in [-0.15, -0.1) is 0 Å². The standard InChI is InChI=1S/C17H18BrNO3/c1-11(13-6-4-5-7-14(13)18)19-17(20)12-8-9-15(21-2)16(10-12)22-3/h4-11H,1-3H3,(H,19,20). The van der Waals surface area contributed by atoms with Crippen LogP contribution in [0.25, 0.3) is 0 Å². The molecule has 1 atom stereocenters. The van der Waals surface area contributed by atoms with Gasteiger partial charge in [0.15, 0.2) is 11.5 Å². The van der Waals surface area contributed by atoms with E-state index < -0.39 is 0 Å². The van der Waals surface area contributed by atoms with E-state index in [0.29, 0.717) is 17.1 Å². The molecule has 2 rings (SSSR count). The highest BCUT2D eigenvalue weighted by Crippen LogP contribution is 2.28. The lowest BCUT2D eigenvalue weighted by atomic mass is 10.1. The molecule has 1 unspecified atom stereocenters. The van der Waals surface area contributed by atoms with Crippen molar-refractivity contribution in [2.24, 2.45) is 0 Å². The Morgan fingerprint density at radius 1 is 1.09 bits per heavy atom. The van der Waals surface area contributed by atoms with Crippen LogP contribution in [0.4, 0.5) is 0 Å². The fourth-order valence-corrected chi connectivity index (χ4v) is 2.79. The quantitative estimate of drug-likeness (QED) is 0.874. The van der Waals surface area contributed by atoms with Crippen LogP contribution in [0.2, 0.25) is 0 Å². The van der Waals surface area contributed by atoms with Gasteiger partial charge in [-0.1, -0.05) is 34.1 Å². The molecule has 2 aromatic carbocycles. The van der Waals surface area contributed by atoms with Crippen LogP contribution in [0.15, 0.2) is 46.9 Å². The number of carbonyl (C=O) groups is 1. The number of rotatable bonds is 5. The highest BCUT2D eigenvalue weighted by atomic mass is 79.9. The van der Waals surface area contributed by atoms with Gasteiger partial charge in [0, 0.05) is 10.0 Å². The first-order chi connectivity index (χ1) is 10.6. The minimum Gasteiger partial charge on any atom is -0.493 e. The van der Waals surface area contributed by atoms with Gasteiger partial charge >= 0.3 is 0 Å². The van der Waals surface area contributed by atoms with Crippen LogP contribution >= 0.6 is 15.9 Å². The van der Waals surface area contributed by atoms with Crippen molar-refractivity contribution in [1.29, 1.82) is 0 Å². The average Bonchev–Trinajstić information content (AvgIpc) is 2.54. The summed E-state index contributed by atoms with van der Waals surface area (Å²) in [6, 6.07) is 12.8. The summed E-state index contributed by atoms with van der Waals surface area (Å²) in [4.78, 5) is 12.4. The van der Waals surface area contributed by atoms with E-state index in [1.807, 2.05) is 31.2 Å². The predicted molar refractivity (Wildman–Crippen MR) is 89.6 cm³/mol. The smallest absolute Gasteiger partial charge is 0.251 e. The lowest BCUT2D eigenvalue weighted by molar-refractivity contribution is 0.0939. The second-order valence-corrected chi connectivity index (χ2v) is 5.64. The van der Waals surface area contributed by atoms with Crippen molar-refractivity contribution in [3.63, 3.8) is 0 Å². The van der Waals surface area contributed by atoms with Gasteiger partial charge in [0.25, 0.3) is 5.91 Å². The van der Waals surface area contributed by atoms with Gasteiger partial charge < -0.3 is 14.8 Å². The van der Waals surface area contributed by atoms with Crippen molar-refractivity contribution in [1.82, 2.24) is 5.32 Å². The molecule has 0 aromatic heterocycles. The third-order valence-corrected chi connectivity index (χ3v) is 4.09. The molecule has 0 saturated heterocycles. The normalized spacial score (nSPS) is 11.6. The summed E-state index contributed by atoms with van der Waals surface area (Å²) in [5.41, 5.74) is 1.55. The molecule has 1 amide bonds. The number of halogens is 1. The van der Waals surface area contributed by atoms with Crippen LogP contribution in [-0.4, -0.2) is 20.1 Å². The number of hydrogen-bond acceptors (Lipinski definition) is 3. The zero-order valence-electron chi connectivity index (χ0n) is 12.7. The summed E-state index contributed by atoms with van der Waals surface area (Å²) in [5.74, 6) is 0.964. The third kappa shape index (κ3) is 3.60. The number of amides is 1. The molecule has 0 aliphatic heterocycles. The van der Waals surface area contributed by atoms with Crippen molar-refractivity contribution < 1.29 is 14.3 Å². The molecule has 2 aromatic rings. The van der Waals surface area contributed by atoms with Crippen LogP contribution in [0, 0.1) is 0 Å². The van der Waals surface area contributed by atoms with Crippen LogP contribution in [0.5, 0.6) is 11.5 Å². The molecule has 116 valence electrons. The Hall–Kier alpha value is -2.01. The monoisotopic (exact) mass is 363 g/mol. The number of ether oxygens (including phenoxy) is 2. The number of hydrogen-bond donors (Lipinski definition) is 1. The maximum absolute atomic E-state index is 12.4. The Bertz CT molecular complexity index is 673. The maximum Gasteiger partial charge on any atom is 0.251 e. The van der Waals surface area contributed by atoms with E-state index in [2.05, 4.69) is 21.2 Å². The summed E-state index contributed by atoms with van der Waals surface area (Å²) < 4.78 is 11.4. The molecular weight excluding hydrogens is 346 g/mol. The summed E-state index contributed by atoms with van der Waals surface area (Å²) in [7, 11) is 3.11. The zero-order chi connectivity index (χ0) is 16.1. The Morgan fingerprint density at radius 3 is 2.41 bits per heavy atom. The number of nitrogens with one attached hydrogen (secondary N) is 1. The summed E-state index contributed by atoms with van der Waals surface area (Å²) in [5, 5.41) is 2.98. The Labute approximate surface area is 138 Å². The molecule has 5 heteroatoms. The molecule has 0 heterocycles. The van der Waals surface area contributed by atoms with Crippen LogP contribution in [-0.2, 0) is 0 Å². The fraction of sp³-hybridized carbons (Fsp3) is 0.235. The molecule has 0 spiro atoms. The Balaban J connectivity index is 2.17. The van der Waals surface area contributed by atoms with Gasteiger partial charge in [-0.05, 0) is 36.8 Å². The van der Waals surface area contributed by atoms with Crippen molar-refractivity contribution in [2.45, 2.75) is 13.0 Å².